The molecule has 0 spiro atoms. The van der Waals surface area contributed by atoms with E-state index in [2.05, 4.69) is 10.3 Å². The number of nitrogens with two attached hydrogens (primary N) is 1. The minimum absolute atomic E-state index is 0.225. The summed E-state index contributed by atoms with van der Waals surface area (Å²) in [6, 6.07) is 5.43. The molecule has 92 valence electrons. The van der Waals surface area contributed by atoms with E-state index in [1.165, 1.54) is 7.11 Å². The first kappa shape index (κ1) is 13.1. The monoisotopic (exact) mass is 238 g/mol. The van der Waals surface area contributed by atoms with Crippen LogP contribution in [-0.4, -0.2) is 30.0 Å². The number of rotatable bonds is 6. The third-order valence-electron chi connectivity index (χ3n) is 2.21. The first-order chi connectivity index (χ1) is 8.06. The first-order valence-corrected chi connectivity index (χ1v) is 4.95. The van der Waals surface area contributed by atoms with Gasteiger partial charge in [-0.3, -0.25) is 9.59 Å². The highest BCUT2D eigenvalue weighted by molar-refractivity contribution is 6.02. The third kappa shape index (κ3) is 3.54. The minimum atomic E-state index is -1.16. The van der Waals surface area contributed by atoms with Crippen molar-refractivity contribution in [2.24, 2.45) is 0 Å². The number of carboxylic acid groups (broad SMARTS) is 1. The van der Waals surface area contributed by atoms with Gasteiger partial charge in [-0.25, -0.2) is 0 Å². The molecule has 6 nitrogen and oxygen atoms in total. The molecular formula is C11H14N2O4. The molecule has 0 bridgehead atoms. The van der Waals surface area contributed by atoms with E-state index in [1.807, 2.05) is 0 Å². The molecule has 0 aliphatic carbocycles. The number of anilines is 1. The second-order valence-electron chi connectivity index (χ2n) is 3.43. The molecule has 0 unspecified atom stereocenters. The predicted molar refractivity (Wildman–Crippen MR) is 61.4 cm³/mol. The lowest BCUT2D eigenvalue weighted by molar-refractivity contribution is -0.143. The van der Waals surface area contributed by atoms with Crippen molar-refractivity contribution in [3.63, 3.8) is 0 Å². The van der Waals surface area contributed by atoms with Crippen molar-refractivity contribution in [2.75, 3.05) is 12.8 Å². The number of hydroxylamine groups is 1. The molecular weight excluding hydrogens is 224 g/mol. The Labute approximate surface area is 98.3 Å². The van der Waals surface area contributed by atoms with Crippen LogP contribution in [-0.2, 0) is 9.63 Å². The Morgan fingerprint density at radius 2 is 2.12 bits per heavy atom. The zero-order valence-electron chi connectivity index (χ0n) is 9.34. The summed E-state index contributed by atoms with van der Waals surface area (Å²) in [6.07, 6.45) is -0.225. The van der Waals surface area contributed by atoms with Crippen molar-refractivity contribution < 1.29 is 19.5 Å². The van der Waals surface area contributed by atoms with Gasteiger partial charge in [-0.15, -0.1) is 0 Å². The fraction of sp³-hybridized carbons (Fsp3) is 0.273. The topological polar surface area (TPSA) is 102 Å². The van der Waals surface area contributed by atoms with E-state index in [9.17, 15) is 9.59 Å². The summed E-state index contributed by atoms with van der Waals surface area (Å²) in [5.41, 5.74) is 8.52. The number of carbonyl (C=O) groups excluding carboxylic acids is 1. The molecule has 0 heterocycles. The van der Waals surface area contributed by atoms with Gasteiger partial charge in [0.1, 0.15) is 6.04 Å². The average molecular weight is 238 g/mol. The van der Waals surface area contributed by atoms with E-state index < -0.39 is 12.0 Å². The van der Waals surface area contributed by atoms with Gasteiger partial charge in [0.15, 0.2) is 5.78 Å². The van der Waals surface area contributed by atoms with Crippen LogP contribution in [0.25, 0.3) is 0 Å². The number of ketones is 1. The maximum absolute atomic E-state index is 11.8. The smallest absolute Gasteiger partial charge is 0.323 e. The molecule has 0 aliphatic rings. The molecule has 1 aromatic carbocycles. The SMILES string of the molecule is CON[C@@H](CC(=O)c1ccccc1N)C(=O)O. The number of nitrogens with one attached hydrogen (secondary N) is 1. The molecule has 0 saturated carbocycles. The lowest BCUT2D eigenvalue weighted by Gasteiger charge is -2.12. The lowest BCUT2D eigenvalue weighted by Crippen LogP contribution is -2.37. The van der Waals surface area contributed by atoms with E-state index in [4.69, 9.17) is 10.8 Å². The van der Waals surface area contributed by atoms with Crippen LogP contribution < -0.4 is 11.2 Å². The largest absolute Gasteiger partial charge is 0.480 e. The quantitative estimate of drug-likeness (QED) is 0.378. The summed E-state index contributed by atoms with van der Waals surface area (Å²) < 4.78 is 0. The Bertz CT molecular complexity index is 420. The molecule has 17 heavy (non-hydrogen) atoms. The molecule has 0 amide bonds. The van der Waals surface area contributed by atoms with Crippen molar-refractivity contribution in [1.29, 1.82) is 0 Å². The van der Waals surface area contributed by atoms with Gasteiger partial charge >= 0.3 is 5.97 Å². The van der Waals surface area contributed by atoms with Crippen LogP contribution in [0.2, 0.25) is 0 Å². The van der Waals surface area contributed by atoms with Gasteiger partial charge in [0, 0.05) is 17.7 Å². The van der Waals surface area contributed by atoms with Crippen LogP contribution in [0.4, 0.5) is 5.69 Å². The zero-order chi connectivity index (χ0) is 12.8. The summed E-state index contributed by atoms with van der Waals surface area (Å²) in [5.74, 6) is -1.50. The van der Waals surface area contributed by atoms with Crippen LogP contribution in [0.3, 0.4) is 0 Å². The second kappa shape index (κ2) is 5.97. The third-order valence-corrected chi connectivity index (χ3v) is 2.21. The van der Waals surface area contributed by atoms with Crippen LogP contribution in [0.5, 0.6) is 0 Å². The molecule has 0 aromatic heterocycles. The Kier molecular flexibility index (Phi) is 4.62. The molecule has 0 radical (unpaired) electrons. The molecule has 0 saturated heterocycles. The molecule has 4 N–H and O–H groups in total. The van der Waals surface area contributed by atoms with Crippen molar-refractivity contribution in [2.45, 2.75) is 12.5 Å². The molecule has 1 rings (SSSR count). The minimum Gasteiger partial charge on any atom is -0.480 e. The number of nitrogen functional groups attached to an aromatic ring is 1. The number of benzene rings is 1. The van der Waals surface area contributed by atoms with E-state index >= 15 is 0 Å². The number of aliphatic carboxylic acids is 1. The molecule has 1 atom stereocenters. The standard InChI is InChI=1S/C11H14N2O4/c1-17-13-9(11(15)16)6-10(14)7-4-2-3-5-8(7)12/h2-5,9,13H,6,12H2,1H3,(H,15,16)/t9-/m0/s1. The van der Waals surface area contributed by atoms with Gasteiger partial charge in [-0.2, -0.15) is 5.48 Å². The van der Waals surface area contributed by atoms with Crippen molar-refractivity contribution in [1.82, 2.24) is 5.48 Å². The number of carboxylic acids is 1. The highest BCUT2D eigenvalue weighted by Gasteiger charge is 2.22. The summed E-state index contributed by atoms with van der Waals surface area (Å²) in [5, 5.41) is 8.84. The Morgan fingerprint density at radius 1 is 1.47 bits per heavy atom. The summed E-state index contributed by atoms with van der Waals surface area (Å²) in [7, 11) is 1.29. The van der Waals surface area contributed by atoms with Crippen molar-refractivity contribution >= 4 is 17.4 Å². The predicted octanol–water partition coefficient (Wildman–Crippen LogP) is 0.446. The van der Waals surface area contributed by atoms with E-state index in [0.29, 0.717) is 11.3 Å². The Morgan fingerprint density at radius 3 is 2.65 bits per heavy atom. The maximum atomic E-state index is 11.8. The number of para-hydroxylation sites is 1. The van der Waals surface area contributed by atoms with Gasteiger partial charge < -0.3 is 15.7 Å². The number of hydrogen-bond donors (Lipinski definition) is 3. The number of carbonyl (C=O) groups is 2. The molecule has 6 heteroatoms. The van der Waals surface area contributed by atoms with Gasteiger partial charge in [0.05, 0.1) is 7.11 Å². The van der Waals surface area contributed by atoms with Crippen LogP contribution in [0.1, 0.15) is 16.8 Å². The van der Waals surface area contributed by atoms with Crippen LogP contribution in [0, 0.1) is 0 Å². The molecule has 1 aromatic rings. The number of hydrogen-bond acceptors (Lipinski definition) is 5. The van der Waals surface area contributed by atoms with E-state index in [-0.39, 0.29) is 12.2 Å². The van der Waals surface area contributed by atoms with Crippen LogP contribution >= 0.6 is 0 Å². The van der Waals surface area contributed by atoms with Crippen molar-refractivity contribution in [3.05, 3.63) is 29.8 Å². The Hall–Kier alpha value is -1.92. The van der Waals surface area contributed by atoms with Gasteiger partial charge in [-0.05, 0) is 12.1 Å². The van der Waals surface area contributed by atoms with E-state index in [0.717, 1.165) is 0 Å². The highest BCUT2D eigenvalue weighted by atomic mass is 16.6. The van der Waals surface area contributed by atoms with Crippen molar-refractivity contribution in [3.8, 4) is 0 Å². The highest BCUT2D eigenvalue weighted by Crippen LogP contribution is 2.14. The van der Waals surface area contributed by atoms with Gasteiger partial charge in [0.25, 0.3) is 0 Å². The average Bonchev–Trinajstić information content (AvgIpc) is 2.28. The zero-order valence-corrected chi connectivity index (χ0v) is 9.34. The maximum Gasteiger partial charge on any atom is 0.323 e. The summed E-state index contributed by atoms with van der Waals surface area (Å²) >= 11 is 0. The molecule has 0 aliphatic heterocycles. The summed E-state index contributed by atoms with van der Waals surface area (Å²) in [4.78, 5) is 27.1. The van der Waals surface area contributed by atoms with Gasteiger partial charge in [0.2, 0.25) is 0 Å². The fourth-order valence-corrected chi connectivity index (χ4v) is 1.37. The molecule has 0 fully saturated rings. The van der Waals surface area contributed by atoms with E-state index in [1.54, 1.807) is 24.3 Å². The Balaban J connectivity index is 2.77. The fourth-order valence-electron chi connectivity index (χ4n) is 1.37. The normalized spacial score (nSPS) is 12.1. The second-order valence-corrected chi connectivity index (χ2v) is 3.43. The van der Waals surface area contributed by atoms with Gasteiger partial charge in [-0.1, -0.05) is 12.1 Å². The lowest BCUT2D eigenvalue weighted by atomic mass is 10.0. The first-order valence-electron chi connectivity index (χ1n) is 4.95. The number of Topliss-reactive ketones (excluding diaryl/α,β-unsaturated/α-hetero) is 1. The summed E-state index contributed by atoms with van der Waals surface area (Å²) in [6.45, 7) is 0. The van der Waals surface area contributed by atoms with Crippen LogP contribution in [0.15, 0.2) is 24.3 Å².